The maximum absolute atomic E-state index is 5.20. The van der Waals surface area contributed by atoms with Gasteiger partial charge in [0, 0.05) is 12.8 Å². The highest BCUT2D eigenvalue weighted by molar-refractivity contribution is 5.04. The molecule has 1 aromatic heterocycles. The highest BCUT2D eigenvalue weighted by atomic mass is 16.3. The van der Waals surface area contributed by atoms with Crippen molar-refractivity contribution in [1.29, 1.82) is 0 Å². The van der Waals surface area contributed by atoms with E-state index in [1.54, 1.807) is 6.39 Å². The number of hydrogen-bond acceptors (Lipinski definition) is 1. The smallest absolute Gasteiger partial charge is 0.333 e. The molecule has 0 unspecified atom stereocenters. The van der Waals surface area contributed by atoms with Crippen molar-refractivity contribution in [3.8, 4) is 0 Å². The number of hydrogen-bond donors (Lipinski definition) is 0. The Morgan fingerprint density at radius 1 is 1.33 bits per heavy atom. The van der Waals surface area contributed by atoms with Gasteiger partial charge in [-0.3, -0.25) is 0 Å². The molecule has 1 aromatic rings. The van der Waals surface area contributed by atoms with Gasteiger partial charge < -0.3 is 4.42 Å². The number of H-pyrrole nitrogens is 1. The molecular weight excluding hydrogens is 114 g/mol. The number of aromatic nitrogens is 1. The average molecular weight is 124 g/mol. The van der Waals surface area contributed by atoms with Crippen LogP contribution in [0.15, 0.2) is 10.8 Å². The molecule has 0 atom stereocenters. The summed E-state index contributed by atoms with van der Waals surface area (Å²) in [5, 5.41) is 0. The van der Waals surface area contributed by atoms with Crippen molar-refractivity contribution in [2.24, 2.45) is 0 Å². The Kier molecular flexibility index (Phi) is 1.04. The molecule has 1 aliphatic rings. The lowest BCUT2D eigenvalue weighted by molar-refractivity contribution is -0.395. The predicted molar refractivity (Wildman–Crippen MR) is 31.9 cm³/mol. The summed E-state index contributed by atoms with van der Waals surface area (Å²) in [6.07, 6.45) is 6.57. The van der Waals surface area contributed by atoms with Crippen molar-refractivity contribution in [3.05, 3.63) is 17.8 Å². The zero-order valence-electron chi connectivity index (χ0n) is 5.31. The lowest BCUT2D eigenvalue weighted by Crippen LogP contribution is -2.10. The topological polar surface area (TPSA) is 27.3 Å². The molecule has 2 nitrogen and oxygen atoms in total. The lowest BCUT2D eigenvalue weighted by Gasteiger charge is -2.01. The molecular formula is C7H10NO+. The number of oxazole rings is 1. The zero-order valence-corrected chi connectivity index (χ0v) is 5.31. The second-order valence-corrected chi connectivity index (χ2v) is 2.49. The Hall–Kier alpha value is -0.790. The van der Waals surface area contributed by atoms with E-state index in [0.717, 1.165) is 6.42 Å². The normalized spacial score (nSPS) is 17.3. The third-order valence-corrected chi connectivity index (χ3v) is 1.85. The molecule has 0 aliphatic heterocycles. The Bertz CT molecular complexity index is 184. The molecule has 0 aromatic carbocycles. The Morgan fingerprint density at radius 3 is 3.11 bits per heavy atom. The van der Waals surface area contributed by atoms with E-state index in [2.05, 4.69) is 4.98 Å². The van der Waals surface area contributed by atoms with Gasteiger partial charge in [0.2, 0.25) is 5.69 Å². The lowest BCUT2D eigenvalue weighted by atomic mass is 10.0. The first-order chi connectivity index (χ1) is 4.47. The fourth-order valence-electron chi connectivity index (χ4n) is 1.33. The first-order valence-corrected chi connectivity index (χ1v) is 3.44. The van der Waals surface area contributed by atoms with Crippen LogP contribution in [-0.2, 0) is 12.8 Å². The first-order valence-electron chi connectivity index (χ1n) is 3.44. The molecule has 2 heteroatoms. The van der Waals surface area contributed by atoms with Gasteiger partial charge in [0.15, 0.2) is 5.76 Å². The summed E-state index contributed by atoms with van der Waals surface area (Å²) < 4.78 is 5.20. The Labute approximate surface area is 53.9 Å². The number of rotatable bonds is 0. The van der Waals surface area contributed by atoms with Crippen LogP contribution in [0.2, 0.25) is 0 Å². The van der Waals surface area contributed by atoms with Crippen LogP contribution in [0, 0.1) is 0 Å². The fourth-order valence-corrected chi connectivity index (χ4v) is 1.33. The summed E-state index contributed by atoms with van der Waals surface area (Å²) in [5.74, 6) is 1.17. The van der Waals surface area contributed by atoms with Gasteiger partial charge in [0.05, 0.1) is 0 Å². The standard InChI is InChI=1S/C7H9NO/c1-2-4-7-6(3-1)8-5-9-7/h5H,1-4H2/p+1. The van der Waals surface area contributed by atoms with Gasteiger partial charge in [0.1, 0.15) is 0 Å². The summed E-state index contributed by atoms with van der Waals surface area (Å²) in [6.45, 7) is 0. The highest BCUT2D eigenvalue weighted by Gasteiger charge is 2.17. The monoisotopic (exact) mass is 124 g/mol. The van der Waals surface area contributed by atoms with Gasteiger partial charge >= 0.3 is 6.39 Å². The van der Waals surface area contributed by atoms with Crippen LogP contribution >= 0.6 is 0 Å². The van der Waals surface area contributed by atoms with Crippen LogP contribution < -0.4 is 4.98 Å². The molecule has 0 bridgehead atoms. The minimum absolute atomic E-state index is 1.12. The molecule has 1 aliphatic carbocycles. The van der Waals surface area contributed by atoms with E-state index < -0.39 is 0 Å². The van der Waals surface area contributed by atoms with Gasteiger partial charge in [-0.1, -0.05) is 0 Å². The summed E-state index contributed by atoms with van der Waals surface area (Å²) in [6, 6.07) is 0. The van der Waals surface area contributed by atoms with Crippen molar-refractivity contribution < 1.29 is 9.40 Å². The quantitative estimate of drug-likeness (QED) is 0.506. The van der Waals surface area contributed by atoms with Crippen molar-refractivity contribution in [1.82, 2.24) is 0 Å². The van der Waals surface area contributed by atoms with Crippen LogP contribution in [0.4, 0.5) is 0 Å². The minimum atomic E-state index is 1.12. The highest BCUT2D eigenvalue weighted by Crippen LogP contribution is 2.16. The molecule has 9 heavy (non-hydrogen) atoms. The molecule has 2 rings (SSSR count). The molecule has 0 spiro atoms. The number of fused-ring (bicyclic) bond motifs is 1. The maximum Gasteiger partial charge on any atom is 0.333 e. The third kappa shape index (κ3) is 0.745. The van der Waals surface area contributed by atoms with Gasteiger partial charge in [-0.25, -0.2) is 0 Å². The Balaban J connectivity index is 2.39. The molecule has 0 saturated heterocycles. The van der Waals surface area contributed by atoms with Crippen LogP contribution in [0.5, 0.6) is 0 Å². The summed E-state index contributed by atoms with van der Waals surface area (Å²) in [4.78, 5) is 3.09. The van der Waals surface area contributed by atoms with E-state index in [0.29, 0.717) is 0 Å². The average Bonchev–Trinajstić information content (AvgIpc) is 2.33. The largest absolute Gasteiger partial charge is 0.409 e. The SMILES string of the molecule is c1[nH+]c2c(o1)CCCC2. The van der Waals surface area contributed by atoms with Crippen molar-refractivity contribution in [2.75, 3.05) is 0 Å². The predicted octanol–water partition coefficient (Wildman–Crippen LogP) is 0.973. The van der Waals surface area contributed by atoms with Gasteiger partial charge in [0.25, 0.3) is 0 Å². The molecule has 0 amide bonds. The number of nitrogens with one attached hydrogen (secondary N) is 1. The van der Waals surface area contributed by atoms with Gasteiger partial charge in [-0.15, -0.1) is 0 Å². The van der Waals surface area contributed by atoms with Crippen LogP contribution in [0.1, 0.15) is 24.3 Å². The van der Waals surface area contributed by atoms with Crippen LogP contribution in [-0.4, -0.2) is 0 Å². The van der Waals surface area contributed by atoms with Crippen molar-refractivity contribution >= 4 is 0 Å². The summed E-state index contributed by atoms with van der Waals surface area (Å²) in [7, 11) is 0. The van der Waals surface area contributed by atoms with E-state index in [9.17, 15) is 0 Å². The van der Waals surface area contributed by atoms with E-state index >= 15 is 0 Å². The summed E-state index contributed by atoms with van der Waals surface area (Å²) >= 11 is 0. The molecule has 0 radical (unpaired) electrons. The van der Waals surface area contributed by atoms with Gasteiger partial charge in [-0.05, 0) is 12.8 Å². The maximum atomic E-state index is 5.20. The third-order valence-electron chi connectivity index (χ3n) is 1.85. The fraction of sp³-hybridized carbons (Fsp3) is 0.571. The van der Waals surface area contributed by atoms with Crippen molar-refractivity contribution in [3.63, 3.8) is 0 Å². The van der Waals surface area contributed by atoms with E-state index in [-0.39, 0.29) is 0 Å². The second-order valence-electron chi connectivity index (χ2n) is 2.49. The van der Waals surface area contributed by atoms with Gasteiger partial charge in [-0.2, -0.15) is 4.98 Å². The van der Waals surface area contributed by atoms with Crippen molar-refractivity contribution in [2.45, 2.75) is 25.7 Å². The molecule has 1 heterocycles. The van der Waals surface area contributed by atoms with E-state index in [1.165, 1.54) is 30.7 Å². The Morgan fingerprint density at radius 2 is 2.22 bits per heavy atom. The molecule has 48 valence electrons. The molecule has 0 fully saturated rings. The number of aryl methyl sites for hydroxylation is 2. The van der Waals surface area contributed by atoms with Crippen LogP contribution in [0.25, 0.3) is 0 Å². The molecule has 1 N–H and O–H groups in total. The number of aromatic amines is 1. The molecule has 0 saturated carbocycles. The van der Waals surface area contributed by atoms with E-state index in [1.807, 2.05) is 0 Å². The minimum Gasteiger partial charge on any atom is -0.409 e. The summed E-state index contributed by atoms with van der Waals surface area (Å²) in [5.41, 5.74) is 1.31. The van der Waals surface area contributed by atoms with Crippen LogP contribution in [0.3, 0.4) is 0 Å². The first kappa shape index (κ1) is 5.03. The second kappa shape index (κ2) is 1.87. The van der Waals surface area contributed by atoms with E-state index in [4.69, 9.17) is 4.42 Å². The zero-order chi connectivity index (χ0) is 6.10.